The monoisotopic (exact) mass is 383 g/mol. The van der Waals surface area contributed by atoms with E-state index in [9.17, 15) is 14.4 Å². The van der Waals surface area contributed by atoms with Gasteiger partial charge in [0.1, 0.15) is 5.75 Å². The fourth-order valence-electron chi connectivity index (χ4n) is 2.39. The van der Waals surface area contributed by atoms with Crippen LogP contribution in [0.5, 0.6) is 5.75 Å². The first-order chi connectivity index (χ1) is 13.2. The molecule has 0 saturated carbocycles. The molecule has 2 rings (SSSR count). The molecule has 0 saturated heterocycles. The van der Waals surface area contributed by atoms with Crippen LogP contribution in [0, 0.1) is 19.8 Å². The first-order valence-electron chi connectivity index (χ1n) is 8.96. The van der Waals surface area contributed by atoms with Gasteiger partial charge in [0.05, 0.1) is 0 Å². The van der Waals surface area contributed by atoms with Gasteiger partial charge in [0.15, 0.2) is 6.61 Å². The van der Waals surface area contributed by atoms with Crippen LogP contribution in [0.4, 0.5) is 5.69 Å². The van der Waals surface area contributed by atoms with Crippen LogP contribution in [0.3, 0.4) is 0 Å². The van der Waals surface area contributed by atoms with Crippen molar-refractivity contribution in [1.82, 2.24) is 10.9 Å². The second kappa shape index (κ2) is 9.55. The van der Waals surface area contributed by atoms with E-state index in [0.717, 1.165) is 11.1 Å². The zero-order chi connectivity index (χ0) is 20.7. The Kier molecular flexibility index (Phi) is 7.14. The summed E-state index contributed by atoms with van der Waals surface area (Å²) in [6.45, 7) is 7.26. The van der Waals surface area contributed by atoms with Crippen molar-refractivity contribution in [2.75, 3.05) is 11.9 Å². The lowest BCUT2D eigenvalue weighted by atomic mass is 10.1. The predicted octanol–water partition coefficient (Wildman–Crippen LogP) is 2.74. The zero-order valence-electron chi connectivity index (χ0n) is 16.5. The van der Waals surface area contributed by atoms with E-state index in [-0.39, 0.29) is 18.4 Å². The van der Waals surface area contributed by atoms with Crippen LogP contribution < -0.4 is 20.9 Å². The lowest BCUT2D eigenvalue weighted by molar-refractivity contribution is -0.123. The van der Waals surface area contributed by atoms with Crippen LogP contribution in [0.15, 0.2) is 42.5 Å². The van der Waals surface area contributed by atoms with Crippen molar-refractivity contribution in [3.63, 3.8) is 0 Å². The smallest absolute Gasteiger partial charge is 0.276 e. The molecule has 0 aliphatic heterocycles. The van der Waals surface area contributed by atoms with E-state index in [2.05, 4.69) is 16.2 Å². The fraction of sp³-hybridized carbons (Fsp3) is 0.286. The van der Waals surface area contributed by atoms with Crippen molar-refractivity contribution in [1.29, 1.82) is 0 Å². The standard InChI is InChI=1S/C21H25N3O4/c1-13(2)20(26)22-17-7-5-16(6-8-17)21(27)24-23-19(25)12-28-18-10-14(3)9-15(4)11-18/h5-11,13H,12H2,1-4H3,(H,22,26)(H,23,25)(H,24,27). The van der Waals surface area contributed by atoms with Gasteiger partial charge in [-0.3, -0.25) is 25.2 Å². The molecule has 2 aromatic carbocycles. The maximum Gasteiger partial charge on any atom is 0.276 e. The Labute approximate surface area is 164 Å². The Bertz CT molecular complexity index is 840. The average Bonchev–Trinajstić information content (AvgIpc) is 2.64. The highest BCUT2D eigenvalue weighted by atomic mass is 16.5. The molecule has 3 N–H and O–H groups in total. The average molecular weight is 383 g/mol. The summed E-state index contributed by atoms with van der Waals surface area (Å²) in [5, 5.41) is 2.74. The third kappa shape index (κ3) is 6.42. The molecule has 28 heavy (non-hydrogen) atoms. The number of ether oxygens (including phenoxy) is 1. The molecule has 0 aromatic heterocycles. The molecule has 0 aliphatic rings. The van der Waals surface area contributed by atoms with Crippen molar-refractivity contribution in [2.24, 2.45) is 5.92 Å². The minimum Gasteiger partial charge on any atom is -0.484 e. The Balaban J connectivity index is 1.81. The Morgan fingerprint density at radius 1 is 0.929 bits per heavy atom. The second-order valence-corrected chi connectivity index (χ2v) is 6.84. The minimum absolute atomic E-state index is 0.103. The van der Waals surface area contributed by atoms with E-state index in [1.807, 2.05) is 32.0 Å². The van der Waals surface area contributed by atoms with Crippen LogP contribution in [-0.4, -0.2) is 24.3 Å². The summed E-state index contributed by atoms with van der Waals surface area (Å²) < 4.78 is 5.44. The molecule has 3 amide bonds. The molecule has 0 aliphatic carbocycles. The summed E-state index contributed by atoms with van der Waals surface area (Å²) in [6.07, 6.45) is 0. The highest BCUT2D eigenvalue weighted by molar-refractivity contribution is 5.97. The van der Waals surface area contributed by atoms with Gasteiger partial charge in [0.25, 0.3) is 11.8 Å². The third-order valence-electron chi connectivity index (χ3n) is 3.82. The number of amides is 3. The van der Waals surface area contributed by atoms with E-state index in [0.29, 0.717) is 17.0 Å². The van der Waals surface area contributed by atoms with E-state index >= 15 is 0 Å². The first-order valence-corrected chi connectivity index (χ1v) is 8.96. The van der Waals surface area contributed by atoms with E-state index in [1.54, 1.807) is 38.1 Å². The van der Waals surface area contributed by atoms with E-state index < -0.39 is 11.8 Å². The van der Waals surface area contributed by atoms with Gasteiger partial charge in [-0.15, -0.1) is 0 Å². The van der Waals surface area contributed by atoms with Crippen molar-refractivity contribution >= 4 is 23.4 Å². The number of hydrogen-bond donors (Lipinski definition) is 3. The Morgan fingerprint density at radius 3 is 2.11 bits per heavy atom. The summed E-state index contributed by atoms with van der Waals surface area (Å²) >= 11 is 0. The molecule has 7 heteroatoms. The quantitative estimate of drug-likeness (QED) is 0.668. The highest BCUT2D eigenvalue weighted by Crippen LogP contribution is 2.16. The van der Waals surface area contributed by atoms with Crippen LogP contribution in [0.2, 0.25) is 0 Å². The van der Waals surface area contributed by atoms with Gasteiger partial charge < -0.3 is 10.1 Å². The van der Waals surface area contributed by atoms with Gasteiger partial charge in [-0.05, 0) is 61.4 Å². The summed E-state index contributed by atoms with van der Waals surface area (Å²) in [7, 11) is 0. The van der Waals surface area contributed by atoms with Crippen molar-refractivity contribution in [3.8, 4) is 5.75 Å². The van der Waals surface area contributed by atoms with Gasteiger partial charge in [-0.2, -0.15) is 0 Å². The summed E-state index contributed by atoms with van der Waals surface area (Å²) in [4.78, 5) is 35.6. The second-order valence-electron chi connectivity index (χ2n) is 6.84. The fourth-order valence-corrected chi connectivity index (χ4v) is 2.39. The molecule has 0 radical (unpaired) electrons. The number of hydrogen-bond acceptors (Lipinski definition) is 4. The SMILES string of the molecule is Cc1cc(C)cc(OCC(=O)NNC(=O)c2ccc(NC(=O)C(C)C)cc2)c1. The molecular formula is C21H25N3O4. The molecule has 0 fully saturated rings. The molecule has 148 valence electrons. The van der Waals surface area contributed by atoms with Gasteiger partial charge >= 0.3 is 0 Å². The molecule has 7 nitrogen and oxygen atoms in total. The number of nitrogens with one attached hydrogen (secondary N) is 3. The number of carbonyl (C=O) groups is 3. The lowest BCUT2D eigenvalue weighted by Gasteiger charge is -2.11. The molecule has 0 unspecified atom stereocenters. The molecule has 0 bridgehead atoms. The maximum atomic E-state index is 12.1. The number of hydrazine groups is 1. The molecule has 2 aromatic rings. The zero-order valence-corrected chi connectivity index (χ0v) is 16.5. The molecular weight excluding hydrogens is 358 g/mol. The minimum atomic E-state index is -0.478. The topological polar surface area (TPSA) is 96.5 Å². The van der Waals surface area contributed by atoms with Crippen molar-refractivity contribution in [2.45, 2.75) is 27.7 Å². The largest absolute Gasteiger partial charge is 0.484 e. The van der Waals surface area contributed by atoms with Crippen molar-refractivity contribution < 1.29 is 19.1 Å². The van der Waals surface area contributed by atoms with Gasteiger partial charge in [-0.1, -0.05) is 19.9 Å². The lowest BCUT2D eigenvalue weighted by Crippen LogP contribution is -2.43. The predicted molar refractivity (Wildman–Crippen MR) is 107 cm³/mol. The third-order valence-corrected chi connectivity index (χ3v) is 3.82. The van der Waals surface area contributed by atoms with Crippen LogP contribution in [0.1, 0.15) is 35.3 Å². The molecule has 0 spiro atoms. The van der Waals surface area contributed by atoms with Crippen LogP contribution in [-0.2, 0) is 9.59 Å². The van der Waals surface area contributed by atoms with Gasteiger partial charge in [0, 0.05) is 17.2 Å². The number of aryl methyl sites for hydroxylation is 2. The Hall–Kier alpha value is -3.35. The highest BCUT2D eigenvalue weighted by Gasteiger charge is 2.10. The first kappa shape index (κ1) is 21.0. The number of benzene rings is 2. The van der Waals surface area contributed by atoms with Crippen LogP contribution >= 0.6 is 0 Å². The van der Waals surface area contributed by atoms with Crippen LogP contribution in [0.25, 0.3) is 0 Å². The molecule has 0 atom stereocenters. The normalized spacial score (nSPS) is 10.3. The summed E-state index contributed by atoms with van der Waals surface area (Å²) in [5.41, 5.74) is 7.66. The Morgan fingerprint density at radius 2 is 1.54 bits per heavy atom. The summed E-state index contributed by atoms with van der Waals surface area (Å²) in [6, 6.07) is 12.0. The number of anilines is 1. The number of rotatable bonds is 6. The van der Waals surface area contributed by atoms with E-state index in [4.69, 9.17) is 4.74 Å². The maximum absolute atomic E-state index is 12.1. The van der Waals surface area contributed by atoms with Gasteiger partial charge in [0.2, 0.25) is 5.91 Å². The molecule has 0 heterocycles. The van der Waals surface area contributed by atoms with Gasteiger partial charge in [-0.25, -0.2) is 0 Å². The number of carbonyl (C=O) groups excluding carboxylic acids is 3. The van der Waals surface area contributed by atoms with Crippen molar-refractivity contribution in [3.05, 3.63) is 59.2 Å². The van der Waals surface area contributed by atoms with E-state index in [1.165, 1.54) is 0 Å². The summed E-state index contributed by atoms with van der Waals surface area (Å²) in [5.74, 6) is -0.592.